The zero-order valence-electron chi connectivity index (χ0n) is 12.9. The van der Waals surface area contributed by atoms with E-state index >= 15 is 0 Å². The first-order valence-electron chi connectivity index (χ1n) is 8.11. The van der Waals surface area contributed by atoms with Crippen LogP contribution in [-0.2, 0) is 0 Å². The molecule has 1 N–H and O–H groups in total. The van der Waals surface area contributed by atoms with Gasteiger partial charge in [-0.05, 0) is 31.2 Å². The van der Waals surface area contributed by atoms with Gasteiger partial charge in [0.05, 0.1) is 5.92 Å². The van der Waals surface area contributed by atoms with Crippen LogP contribution >= 0.6 is 0 Å². The molecule has 2 aromatic rings. The van der Waals surface area contributed by atoms with E-state index in [1.54, 1.807) is 6.20 Å². The van der Waals surface area contributed by atoms with E-state index < -0.39 is 0 Å². The van der Waals surface area contributed by atoms with Crippen LogP contribution in [0.25, 0.3) is 11.6 Å². The molecule has 0 bridgehead atoms. The lowest BCUT2D eigenvalue weighted by Gasteiger charge is -2.36. The minimum atomic E-state index is 0.301. The minimum Gasteiger partial charge on any atom is -0.338 e. The molecule has 0 amide bonds. The summed E-state index contributed by atoms with van der Waals surface area (Å²) < 4.78 is 5.59. The fourth-order valence-electron chi connectivity index (χ4n) is 3.96. The van der Waals surface area contributed by atoms with Gasteiger partial charge in [0.15, 0.2) is 0 Å². The molecule has 6 nitrogen and oxygen atoms in total. The number of aromatic nitrogens is 4. The maximum atomic E-state index is 5.59. The van der Waals surface area contributed by atoms with Crippen LogP contribution in [0.3, 0.4) is 0 Å². The van der Waals surface area contributed by atoms with E-state index in [1.807, 2.05) is 13.0 Å². The molecule has 1 aliphatic heterocycles. The second kappa shape index (κ2) is 5.43. The van der Waals surface area contributed by atoms with Crippen molar-refractivity contribution < 1.29 is 4.52 Å². The Balaban J connectivity index is 1.63. The van der Waals surface area contributed by atoms with Crippen molar-refractivity contribution in [3.05, 3.63) is 23.8 Å². The summed E-state index contributed by atoms with van der Waals surface area (Å²) in [6, 6.07) is 1.86. The lowest BCUT2D eigenvalue weighted by molar-refractivity contribution is 0.165. The molecular formula is C16H21N5O. The highest BCUT2D eigenvalue weighted by molar-refractivity contribution is 5.41. The van der Waals surface area contributed by atoms with Gasteiger partial charge in [0.25, 0.3) is 0 Å². The SMILES string of the molecule is Cc1ccnc(-c2noc(C3CNCC34CCCCC4)n2)n1. The average molecular weight is 299 g/mol. The third-order valence-electron chi connectivity index (χ3n) is 5.15. The monoisotopic (exact) mass is 299 g/mol. The Labute approximate surface area is 129 Å². The van der Waals surface area contributed by atoms with Crippen LogP contribution in [0.5, 0.6) is 0 Å². The van der Waals surface area contributed by atoms with Crippen molar-refractivity contribution in [2.24, 2.45) is 5.41 Å². The van der Waals surface area contributed by atoms with Crippen molar-refractivity contribution in [3.63, 3.8) is 0 Å². The summed E-state index contributed by atoms with van der Waals surface area (Å²) in [6.07, 6.45) is 8.20. The highest BCUT2D eigenvalue weighted by atomic mass is 16.5. The van der Waals surface area contributed by atoms with Gasteiger partial charge in [-0.25, -0.2) is 9.97 Å². The molecule has 1 aliphatic carbocycles. The van der Waals surface area contributed by atoms with Crippen molar-refractivity contribution >= 4 is 0 Å². The topological polar surface area (TPSA) is 76.7 Å². The maximum Gasteiger partial charge on any atom is 0.240 e. The number of hydrogen-bond acceptors (Lipinski definition) is 6. The minimum absolute atomic E-state index is 0.301. The first kappa shape index (κ1) is 13.8. The van der Waals surface area contributed by atoms with Crippen LogP contribution in [0.1, 0.15) is 49.6 Å². The van der Waals surface area contributed by atoms with Crippen molar-refractivity contribution in [1.82, 2.24) is 25.4 Å². The van der Waals surface area contributed by atoms with Crippen molar-refractivity contribution in [3.8, 4) is 11.6 Å². The van der Waals surface area contributed by atoms with Gasteiger partial charge >= 0.3 is 0 Å². The highest BCUT2D eigenvalue weighted by Gasteiger charge is 2.46. The normalized spacial score (nSPS) is 24.0. The fourth-order valence-corrected chi connectivity index (χ4v) is 3.96. The quantitative estimate of drug-likeness (QED) is 0.918. The van der Waals surface area contributed by atoms with E-state index in [4.69, 9.17) is 4.52 Å². The zero-order valence-corrected chi connectivity index (χ0v) is 12.9. The molecule has 22 heavy (non-hydrogen) atoms. The molecule has 6 heteroatoms. The molecule has 1 spiro atoms. The van der Waals surface area contributed by atoms with Crippen LogP contribution in [0, 0.1) is 12.3 Å². The predicted molar refractivity (Wildman–Crippen MR) is 81.2 cm³/mol. The molecule has 2 aliphatic rings. The number of aryl methyl sites for hydroxylation is 1. The number of nitrogens with zero attached hydrogens (tertiary/aromatic N) is 4. The van der Waals surface area contributed by atoms with Crippen molar-refractivity contribution in [2.75, 3.05) is 13.1 Å². The Bertz CT molecular complexity index is 662. The van der Waals surface area contributed by atoms with Crippen molar-refractivity contribution in [1.29, 1.82) is 0 Å². The van der Waals surface area contributed by atoms with Gasteiger partial charge in [0.2, 0.25) is 17.5 Å². The Morgan fingerprint density at radius 3 is 2.86 bits per heavy atom. The summed E-state index contributed by atoms with van der Waals surface area (Å²) in [5.41, 5.74) is 1.21. The van der Waals surface area contributed by atoms with Gasteiger partial charge in [0, 0.05) is 25.0 Å². The summed E-state index contributed by atoms with van der Waals surface area (Å²) in [7, 11) is 0. The first-order chi connectivity index (χ1) is 10.8. The second-order valence-electron chi connectivity index (χ2n) is 6.58. The summed E-state index contributed by atoms with van der Waals surface area (Å²) in [5, 5.41) is 7.64. The van der Waals surface area contributed by atoms with E-state index in [-0.39, 0.29) is 0 Å². The Morgan fingerprint density at radius 2 is 2.05 bits per heavy atom. The largest absolute Gasteiger partial charge is 0.338 e. The molecule has 1 saturated heterocycles. The van der Waals surface area contributed by atoms with Gasteiger partial charge in [-0.3, -0.25) is 0 Å². The molecule has 2 fully saturated rings. The Hall–Kier alpha value is -1.82. The van der Waals surface area contributed by atoms with E-state index in [2.05, 4.69) is 25.4 Å². The van der Waals surface area contributed by atoms with Gasteiger partial charge < -0.3 is 9.84 Å². The zero-order chi connectivity index (χ0) is 15.0. The molecule has 2 aromatic heterocycles. The summed E-state index contributed by atoms with van der Waals surface area (Å²) in [6.45, 7) is 3.93. The highest BCUT2D eigenvalue weighted by Crippen LogP contribution is 2.49. The summed E-state index contributed by atoms with van der Waals surface area (Å²) >= 11 is 0. The number of rotatable bonds is 2. The summed E-state index contributed by atoms with van der Waals surface area (Å²) in [5.74, 6) is 2.10. The van der Waals surface area contributed by atoms with Crippen LogP contribution in [0.15, 0.2) is 16.8 Å². The molecule has 0 aromatic carbocycles. The third-order valence-corrected chi connectivity index (χ3v) is 5.15. The standard InChI is InChI=1S/C16H21N5O/c1-11-5-8-18-13(19-11)14-20-15(22-21-14)12-9-17-10-16(12)6-3-2-4-7-16/h5,8,12,17H,2-4,6-7,9-10H2,1H3. The smallest absolute Gasteiger partial charge is 0.240 e. The van der Waals surface area contributed by atoms with Gasteiger partial charge in [-0.15, -0.1) is 0 Å². The Morgan fingerprint density at radius 1 is 1.18 bits per heavy atom. The van der Waals surface area contributed by atoms with Gasteiger partial charge in [-0.2, -0.15) is 4.98 Å². The number of hydrogen-bond donors (Lipinski definition) is 1. The molecule has 116 valence electrons. The maximum absolute atomic E-state index is 5.59. The van der Waals surface area contributed by atoms with E-state index in [0.29, 0.717) is 23.0 Å². The van der Waals surface area contributed by atoms with Crippen LogP contribution in [0.2, 0.25) is 0 Å². The molecule has 3 heterocycles. The fraction of sp³-hybridized carbons (Fsp3) is 0.625. The Kier molecular flexibility index (Phi) is 3.41. The van der Waals surface area contributed by atoms with Crippen LogP contribution < -0.4 is 5.32 Å². The average Bonchev–Trinajstić information content (AvgIpc) is 3.15. The van der Waals surface area contributed by atoms with Crippen LogP contribution in [0.4, 0.5) is 0 Å². The van der Waals surface area contributed by atoms with E-state index in [0.717, 1.165) is 24.7 Å². The van der Waals surface area contributed by atoms with E-state index in [1.165, 1.54) is 32.1 Å². The van der Waals surface area contributed by atoms with Crippen molar-refractivity contribution in [2.45, 2.75) is 44.9 Å². The molecule has 1 saturated carbocycles. The number of nitrogens with one attached hydrogen (secondary N) is 1. The van der Waals surface area contributed by atoms with Crippen LogP contribution in [-0.4, -0.2) is 33.2 Å². The van der Waals surface area contributed by atoms with Gasteiger partial charge in [-0.1, -0.05) is 24.4 Å². The van der Waals surface area contributed by atoms with Gasteiger partial charge in [0.1, 0.15) is 0 Å². The molecular weight excluding hydrogens is 278 g/mol. The van der Waals surface area contributed by atoms with E-state index in [9.17, 15) is 0 Å². The first-order valence-corrected chi connectivity index (χ1v) is 8.11. The summed E-state index contributed by atoms with van der Waals surface area (Å²) in [4.78, 5) is 13.2. The predicted octanol–water partition coefficient (Wildman–Crippen LogP) is 2.47. The lowest BCUT2D eigenvalue weighted by atomic mass is 9.67. The molecule has 0 radical (unpaired) electrons. The molecule has 1 unspecified atom stereocenters. The second-order valence-corrected chi connectivity index (χ2v) is 6.58. The molecule has 1 atom stereocenters. The molecule has 4 rings (SSSR count). The lowest BCUT2D eigenvalue weighted by Crippen LogP contribution is -2.31. The third kappa shape index (κ3) is 2.31.